The van der Waals surface area contributed by atoms with Gasteiger partial charge in [-0.2, -0.15) is 0 Å². The number of nitrogens with zero attached hydrogens (tertiary/aromatic N) is 1. The molecule has 2 fully saturated rings. The molecule has 20 heavy (non-hydrogen) atoms. The lowest BCUT2D eigenvalue weighted by Crippen LogP contribution is -2.57. The van der Waals surface area contributed by atoms with E-state index in [-0.39, 0.29) is 5.60 Å². The zero-order valence-electron chi connectivity index (χ0n) is 14.0. The molecule has 2 aliphatic rings. The molecule has 1 heterocycles. The van der Waals surface area contributed by atoms with Crippen molar-refractivity contribution in [2.24, 2.45) is 5.92 Å². The summed E-state index contributed by atoms with van der Waals surface area (Å²) in [4.78, 5) is 2.52. The highest BCUT2D eigenvalue weighted by atomic mass is 16.5. The van der Waals surface area contributed by atoms with Crippen LogP contribution in [0, 0.1) is 5.92 Å². The van der Waals surface area contributed by atoms with Gasteiger partial charge in [-0.15, -0.1) is 0 Å². The topological polar surface area (TPSA) is 24.5 Å². The predicted octanol–water partition coefficient (Wildman–Crippen LogP) is 3.04. The van der Waals surface area contributed by atoms with Crippen LogP contribution in [0.3, 0.4) is 0 Å². The van der Waals surface area contributed by atoms with Gasteiger partial charge in [0.2, 0.25) is 0 Å². The Kier molecular flexibility index (Phi) is 5.88. The highest BCUT2D eigenvalue weighted by molar-refractivity contribution is 4.95. The molecule has 1 aliphatic carbocycles. The van der Waals surface area contributed by atoms with Gasteiger partial charge in [0, 0.05) is 18.6 Å². The highest BCUT2D eigenvalue weighted by Gasteiger charge is 2.41. The van der Waals surface area contributed by atoms with E-state index in [1.807, 2.05) is 0 Å². The lowest BCUT2D eigenvalue weighted by molar-refractivity contribution is -0.146. The molecule has 1 aliphatic heterocycles. The summed E-state index contributed by atoms with van der Waals surface area (Å²) < 4.78 is 6.30. The zero-order valence-corrected chi connectivity index (χ0v) is 14.0. The molecule has 3 heteroatoms. The lowest BCUT2D eigenvalue weighted by atomic mass is 9.80. The molecule has 0 aromatic rings. The summed E-state index contributed by atoms with van der Waals surface area (Å²) in [6.07, 6.45) is 7.51. The third-order valence-electron chi connectivity index (χ3n) is 5.27. The summed E-state index contributed by atoms with van der Waals surface area (Å²) in [6, 6.07) is 1.35. The number of nitrogens with one attached hydrogen (secondary N) is 1. The fourth-order valence-electron chi connectivity index (χ4n) is 3.69. The lowest BCUT2D eigenvalue weighted by Gasteiger charge is -2.48. The molecule has 0 aromatic carbocycles. The maximum atomic E-state index is 6.30. The number of hydrogen-bond acceptors (Lipinski definition) is 3. The van der Waals surface area contributed by atoms with Crippen molar-refractivity contribution in [2.75, 3.05) is 26.7 Å². The Hall–Kier alpha value is -0.120. The molecular weight excluding hydrogens is 248 g/mol. The van der Waals surface area contributed by atoms with Gasteiger partial charge in [0.15, 0.2) is 0 Å². The Labute approximate surface area is 125 Å². The zero-order chi connectivity index (χ0) is 14.6. The van der Waals surface area contributed by atoms with Gasteiger partial charge < -0.3 is 10.1 Å². The molecule has 0 amide bonds. The molecule has 0 radical (unpaired) electrons. The standard InChI is InChI=1S/C17H34N2O/c1-5-16-12-20-17(13-19(16)4)9-6-15(7-10-17)18-11-8-14(2)3/h14-16,18H,5-13H2,1-4H3. The smallest absolute Gasteiger partial charge is 0.0810 e. The quantitative estimate of drug-likeness (QED) is 0.839. The van der Waals surface area contributed by atoms with Crippen molar-refractivity contribution in [2.45, 2.75) is 77.0 Å². The first kappa shape index (κ1) is 16.3. The van der Waals surface area contributed by atoms with Gasteiger partial charge >= 0.3 is 0 Å². The van der Waals surface area contributed by atoms with Crippen molar-refractivity contribution >= 4 is 0 Å². The van der Waals surface area contributed by atoms with Crippen LogP contribution in [0.25, 0.3) is 0 Å². The second-order valence-corrected chi connectivity index (χ2v) is 7.38. The van der Waals surface area contributed by atoms with Crippen LogP contribution < -0.4 is 5.32 Å². The third kappa shape index (κ3) is 4.19. The van der Waals surface area contributed by atoms with Gasteiger partial charge in [-0.1, -0.05) is 20.8 Å². The van der Waals surface area contributed by atoms with Gasteiger partial charge in [0.25, 0.3) is 0 Å². The average Bonchev–Trinajstić information content (AvgIpc) is 2.41. The van der Waals surface area contributed by atoms with Crippen LogP contribution in [0.15, 0.2) is 0 Å². The second kappa shape index (κ2) is 7.24. The monoisotopic (exact) mass is 282 g/mol. The Morgan fingerprint density at radius 1 is 1.30 bits per heavy atom. The van der Waals surface area contributed by atoms with Crippen LogP contribution in [0.5, 0.6) is 0 Å². The maximum absolute atomic E-state index is 6.30. The van der Waals surface area contributed by atoms with Gasteiger partial charge in [-0.25, -0.2) is 0 Å². The fraction of sp³-hybridized carbons (Fsp3) is 1.00. The van der Waals surface area contributed by atoms with Gasteiger partial charge in [0.05, 0.1) is 12.2 Å². The summed E-state index contributed by atoms with van der Waals surface area (Å²) in [5, 5.41) is 3.74. The summed E-state index contributed by atoms with van der Waals surface area (Å²) >= 11 is 0. The SMILES string of the molecule is CCC1COC2(CCC(NCCC(C)C)CC2)CN1C. The predicted molar refractivity (Wildman–Crippen MR) is 85.1 cm³/mol. The van der Waals surface area contributed by atoms with Crippen molar-refractivity contribution in [3.05, 3.63) is 0 Å². The molecule has 1 saturated carbocycles. The number of likely N-dealkylation sites (N-methyl/N-ethyl adjacent to an activating group) is 1. The molecule has 3 nitrogen and oxygen atoms in total. The van der Waals surface area contributed by atoms with E-state index in [4.69, 9.17) is 4.74 Å². The van der Waals surface area contributed by atoms with E-state index >= 15 is 0 Å². The molecule has 118 valence electrons. The van der Waals surface area contributed by atoms with Crippen LogP contribution in [0.2, 0.25) is 0 Å². The summed E-state index contributed by atoms with van der Waals surface area (Å²) in [7, 11) is 2.27. The highest BCUT2D eigenvalue weighted by Crippen LogP contribution is 2.35. The summed E-state index contributed by atoms with van der Waals surface area (Å²) in [5.41, 5.74) is 0.163. The molecule has 2 rings (SSSR count). The second-order valence-electron chi connectivity index (χ2n) is 7.38. The van der Waals surface area contributed by atoms with Crippen LogP contribution in [0.4, 0.5) is 0 Å². The Bertz CT molecular complexity index is 285. The average molecular weight is 282 g/mol. The fourth-order valence-corrected chi connectivity index (χ4v) is 3.69. The van der Waals surface area contributed by atoms with E-state index in [0.717, 1.165) is 25.1 Å². The number of ether oxygens (including phenoxy) is 1. The molecule has 1 spiro atoms. The minimum absolute atomic E-state index is 0.163. The third-order valence-corrected chi connectivity index (χ3v) is 5.27. The normalized spacial score (nSPS) is 35.9. The van der Waals surface area contributed by atoms with E-state index in [1.165, 1.54) is 45.1 Å². The van der Waals surface area contributed by atoms with E-state index in [1.54, 1.807) is 0 Å². The molecule has 1 unspecified atom stereocenters. The molecule has 0 aromatic heterocycles. The van der Waals surface area contributed by atoms with Crippen LogP contribution in [0.1, 0.15) is 59.3 Å². The molecule has 1 saturated heterocycles. The van der Waals surface area contributed by atoms with Crippen LogP contribution in [-0.4, -0.2) is 49.3 Å². The Morgan fingerprint density at radius 3 is 2.55 bits per heavy atom. The van der Waals surface area contributed by atoms with Crippen molar-refractivity contribution < 1.29 is 4.74 Å². The Balaban J connectivity index is 1.73. The first-order chi connectivity index (χ1) is 9.54. The van der Waals surface area contributed by atoms with Gasteiger partial charge in [0.1, 0.15) is 0 Å². The van der Waals surface area contributed by atoms with Gasteiger partial charge in [-0.3, -0.25) is 4.90 Å². The largest absolute Gasteiger partial charge is 0.372 e. The molecule has 1 atom stereocenters. The van der Waals surface area contributed by atoms with Crippen LogP contribution in [-0.2, 0) is 4.74 Å². The number of hydrogen-bond donors (Lipinski definition) is 1. The minimum atomic E-state index is 0.163. The van der Waals surface area contributed by atoms with E-state index in [9.17, 15) is 0 Å². The van der Waals surface area contributed by atoms with Crippen LogP contribution >= 0.6 is 0 Å². The molecule has 0 bridgehead atoms. The Morgan fingerprint density at radius 2 is 2.00 bits per heavy atom. The maximum Gasteiger partial charge on any atom is 0.0810 e. The molecular formula is C17H34N2O. The van der Waals surface area contributed by atoms with E-state index in [2.05, 4.69) is 38.0 Å². The van der Waals surface area contributed by atoms with Crippen molar-refractivity contribution in [3.63, 3.8) is 0 Å². The number of morpholine rings is 1. The van der Waals surface area contributed by atoms with E-state index in [0.29, 0.717) is 6.04 Å². The molecule has 1 N–H and O–H groups in total. The van der Waals surface area contributed by atoms with Crippen molar-refractivity contribution in [1.29, 1.82) is 0 Å². The minimum Gasteiger partial charge on any atom is -0.372 e. The van der Waals surface area contributed by atoms with Crippen molar-refractivity contribution in [3.8, 4) is 0 Å². The summed E-state index contributed by atoms with van der Waals surface area (Å²) in [6.45, 7) is 10.1. The first-order valence-electron chi connectivity index (χ1n) is 8.62. The van der Waals surface area contributed by atoms with Gasteiger partial charge in [-0.05, 0) is 58.0 Å². The number of rotatable bonds is 5. The van der Waals surface area contributed by atoms with Crippen molar-refractivity contribution in [1.82, 2.24) is 10.2 Å². The van der Waals surface area contributed by atoms with E-state index < -0.39 is 0 Å². The summed E-state index contributed by atoms with van der Waals surface area (Å²) in [5.74, 6) is 0.804. The first-order valence-corrected chi connectivity index (χ1v) is 8.62.